The Morgan fingerprint density at radius 1 is 1.11 bits per heavy atom. The highest BCUT2D eigenvalue weighted by Crippen LogP contribution is 2.26. The molecule has 3 rings (SSSR count). The predicted octanol–water partition coefficient (Wildman–Crippen LogP) is 3.57. The van der Waals surface area contributed by atoms with E-state index >= 15 is 0 Å². The Morgan fingerprint density at radius 3 is 2.48 bits per heavy atom. The zero-order valence-electron chi connectivity index (χ0n) is 16.2. The van der Waals surface area contributed by atoms with Crippen LogP contribution in [0.1, 0.15) is 18.1 Å². The van der Waals surface area contributed by atoms with Crippen LogP contribution in [0, 0.1) is 13.8 Å². The molecule has 0 aliphatic rings. The van der Waals surface area contributed by atoms with Crippen LogP contribution >= 0.6 is 11.8 Å². The Balaban J connectivity index is 2.22. The largest absolute Gasteiger partial charge is 0.348 e. The SMILES string of the molecule is Cc1ccc(-n2c(S[C@@H](C)C(=O)N(C)C)nc3ccccc3c2=O)cc1C. The standard InChI is InChI=1S/C21H23N3O2S/c1-13-10-11-16(12-14(13)2)24-20(26)17-8-6-7-9-18(17)22-21(24)27-15(3)19(25)23(4)5/h6-12,15H,1-5H3/t15-/m0/s1. The number of fused-ring (bicyclic) bond motifs is 1. The van der Waals surface area contributed by atoms with Crippen LogP contribution < -0.4 is 5.56 Å². The number of para-hydroxylation sites is 1. The summed E-state index contributed by atoms with van der Waals surface area (Å²) in [7, 11) is 3.45. The molecule has 0 saturated heterocycles. The van der Waals surface area contributed by atoms with Gasteiger partial charge in [-0.1, -0.05) is 30.0 Å². The summed E-state index contributed by atoms with van der Waals surface area (Å²) < 4.78 is 1.61. The molecule has 0 radical (unpaired) electrons. The lowest BCUT2D eigenvalue weighted by Crippen LogP contribution is -2.31. The lowest BCUT2D eigenvalue weighted by molar-refractivity contribution is -0.127. The molecule has 0 fully saturated rings. The number of amides is 1. The van der Waals surface area contributed by atoms with Crippen molar-refractivity contribution in [1.29, 1.82) is 0 Å². The molecule has 0 N–H and O–H groups in total. The summed E-state index contributed by atoms with van der Waals surface area (Å²) in [5.74, 6) is -0.0194. The van der Waals surface area contributed by atoms with Gasteiger partial charge in [0.15, 0.2) is 5.16 Å². The molecule has 0 bridgehead atoms. The number of aryl methyl sites for hydroxylation is 2. The zero-order chi connectivity index (χ0) is 19.7. The first-order chi connectivity index (χ1) is 12.8. The van der Waals surface area contributed by atoms with Gasteiger partial charge in [0, 0.05) is 14.1 Å². The third-order valence-corrected chi connectivity index (χ3v) is 5.60. The van der Waals surface area contributed by atoms with E-state index in [0.717, 1.165) is 16.8 Å². The third kappa shape index (κ3) is 3.76. The molecular weight excluding hydrogens is 358 g/mol. The van der Waals surface area contributed by atoms with Crippen molar-refractivity contribution >= 4 is 28.6 Å². The Kier molecular flexibility index (Phi) is 5.37. The molecule has 2 aromatic carbocycles. The van der Waals surface area contributed by atoms with Gasteiger partial charge in [0.2, 0.25) is 5.91 Å². The van der Waals surface area contributed by atoms with E-state index < -0.39 is 0 Å². The number of carbonyl (C=O) groups is 1. The smallest absolute Gasteiger partial charge is 0.266 e. The number of nitrogens with zero attached hydrogens (tertiary/aromatic N) is 3. The maximum absolute atomic E-state index is 13.2. The van der Waals surface area contributed by atoms with E-state index in [2.05, 4.69) is 0 Å². The van der Waals surface area contributed by atoms with Gasteiger partial charge in [0.05, 0.1) is 21.8 Å². The predicted molar refractivity (Wildman–Crippen MR) is 111 cm³/mol. The van der Waals surface area contributed by atoms with E-state index in [1.165, 1.54) is 11.8 Å². The monoisotopic (exact) mass is 381 g/mol. The van der Waals surface area contributed by atoms with Crippen molar-refractivity contribution in [2.24, 2.45) is 0 Å². The van der Waals surface area contributed by atoms with Crippen molar-refractivity contribution in [3.8, 4) is 5.69 Å². The van der Waals surface area contributed by atoms with Crippen LogP contribution in [0.15, 0.2) is 52.4 Å². The van der Waals surface area contributed by atoms with E-state index in [1.54, 1.807) is 29.6 Å². The van der Waals surface area contributed by atoms with Gasteiger partial charge < -0.3 is 4.90 Å². The van der Waals surface area contributed by atoms with Crippen molar-refractivity contribution < 1.29 is 4.79 Å². The molecule has 0 aliphatic carbocycles. The highest BCUT2D eigenvalue weighted by molar-refractivity contribution is 8.00. The summed E-state index contributed by atoms with van der Waals surface area (Å²) in [5, 5.41) is 0.724. The van der Waals surface area contributed by atoms with E-state index in [4.69, 9.17) is 4.98 Å². The van der Waals surface area contributed by atoms with Gasteiger partial charge >= 0.3 is 0 Å². The number of hydrogen-bond acceptors (Lipinski definition) is 4. The number of thioether (sulfide) groups is 1. The van der Waals surface area contributed by atoms with Crippen LogP contribution in [0.25, 0.3) is 16.6 Å². The fourth-order valence-electron chi connectivity index (χ4n) is 2.86. The van der Waals surface area contributed by atoms with Crippen LogP contribution in [0.2, 0.25) is 0 Å². The summed E-state index contributed by atoms with van der Waals surface area (Å²) in [5.41, 5.74) is 3.52. The molecule has 1 heterocycles. The minimum Gasteiger partial charge on any atom is -0.348 e. The Bertz CT molecular complexity index is 1070. The minimum absolute atomic E-state index is 0.0194. The Hall–Kier alpha value is -2.60. The second kappa shape index (κ2) is 7.56. The average molecular weight is 382 g/mol. The molecule has 27 heavy (non-hydrogen) atoms. The van der Waals surface area contributed by atoms with Gasteiger partial charge in [0.1, 0.15) is 0 Å². The molecule has 1 amide bonds. The number of aromatic nitrogens is 2. The van der Waals surface area contributed by atoms with E-state index in [0.29, 0.717) is 16.1 Å². The second-order valence-electron chi connectivity index (χ2n) is 6.81. The fourth-order valence-corrected chi connectivity index (χ4v) is 3.93. The molecule has 0 aliphatic heterocycles. The van der Waals surface area contributed by atoms with Crippen LogP contribution in [0.5, 0.6) is 0 Å². The van der Waals surface area contributed by atoms with Gasteiger partial charge in [0.25, 0.3) is 5.56 Å². The number of hydrogen-bond donors (Lipinski definition) is 0. The van der Waals surface area contributed by atoms with E-state index in [9.17, 15) is 9.59 Å². The van der Waals surface area contributed by atoms with Crippen molar-refractivity contribution in [3.05, 3.63) is 63.9 Å². The molecule has 0 spiro atoms. The topological polar surface area (TPSA) is 55.2 Å². The molecule has 5 nitrogen and oxygen atoms in total. The average Bonchev–Trinajstić information content (AvgIpc) is 2.63. The summed E-state index contributed by atoms with van der Waals surface area (Å²) in [4.78, 5) is 31.8. The molecule has 1 atom stereocenters. The summed E-state index contributed by atoms with van der Waals surface area (Å²) in [6.45, 7) is 5.89. The van der Waals surface area contributed by atoms with Gasteiger partial charge in [-0.15, -0.1) is 0 Å². The summed E-state index contributed by atoms with van der Waals surface area (Å²) >= 11 is 1.30. The Morgan fingerprint density at radius 2 is 1.81 bits per heavy atom. The molecular formula is C21H23N3O2S. The maximum Gasteiger partial charge on any atom is 0.266 e. The third-order valence-electron chi connectivity index (χ3n) is 4.56. The van der Waals surface area contributed by atoms with Crippen LogP contribution in [0.4, 0.5) is 0 Å². The molecule has 140 valence electrons. The summed E-state index contributed by atoms with van der Waals surface area (Å²) in [6, 6.07) is 13.2. The van der Waals surface area contributed by atoms with Crippen LogP contribution in [-0.4, -0.2) is 39.7 Å². The lowest BCUT2D eigenvalue weighted by atomic mass is 10.1. The lowest BCUT2D eigenvalue weighted by Gasteiger charge is -2.19. The van der Waals surface area contributed by atoms with Crippen molar-refractivity contribution in [3.63, 3.8) is 0 Å². The van der Waals surface area contributed by atoms with Crippen LogP contribution in [0.3, 0.4) is 0 Å². The first kappa shape index (κ1) is 19.2. The molecule has 0 saturated carbocycles. The summed E-state index contributed by atoms with van der Waals surface area (Å²) in [6.07, 6.45) is 0. The first-order valence-electron chi connectivity index (χ1n) is 8.77. The molecule has 0 unspecified atom stereocenters. The normalized spacial score (nSPS) is 12.2. The van der Waals surface area contributed by atoms with Crippen molar-refractivity contribution in [1.82, 2.24) is 14.5 Å². The number of benzene rings is 2. The highest BCUT2D eigenvalue weighted by Gasteiger charge is 2.21. The van der Waals surface area contributed by atoms with Gasteiger partial charge in [-0.3, -0.25) is 14.2 Å². The van der Waals surface area contributed by atoms with Gasteiger partial charge in [-0.05, 0) is 56.2 Å². The van der Waals surface area contributed by atoms with Crippen molar-refractivity contribution in [2.75, 3.05) is 14.1 Å². The first-order valence-corrected chi connectivity index (χ1v) is 9.65. The second-order valence-corrected chi connectivity index (χ2v) is 8.12. The molecule has 1 aromatic heterocycles. The van der Waals surface area contributed by atoms with E-state index in [-0.39, 0.29) is 16.7 Å². The van der Waals surface area contributed by atoms with E-state index in [1.807, 2.05) is 57.2 Å². The Labute approximate surface area is 163 Å². The fraction of sp³-hybridized carbons (Fsp3) is 0.286. The minimum atomic E-state index is -0.356. The zero-order valence-corrected chi connectivity index (χ0v) is 17.0. The number of carbonyl (C=O) groups excluding carboxylic acids is 1. The quantitative estimate of drug-likeness (QED) is 0.512. The van der Waals surface area contributed by atoms with Gasteiger partial charge in [-0.2, -0.15) is 0 Å². The molecule has 6 heteroatoms. The molecule has 3 aromatic rings. The maximum atomic E-state index is 13.2. The number of rotatable bonds is 4. The van der Waals surface area contributed by atoms with Gasteiger partial charge in [-0.25, -0.2) is 4.98 Å². The highest BCUT2D eigenvalue weighted by atomic mass is 32.2. The van der Waals surface area contributed by atoms with Crippen molar-refractivity contribution in [2.45, 2.75) is 31.2 Å². The van der Waals surface area contributed by atoms with Crippen LogP contribution in [-0.2, 0) is 4.79 Å².